The number of ether oxygens (including phenoxy) is 2. The van der Waals surface area contributed by atoms with E-state index in [0.29, 0.717) is 6.42 Å². The number of hydrogen-bond acceptors (Lipinski definition) is 4. The number of rotatable bonds is 4. The lowest BCUT2D eigenvalue weighted by molar-refractivity contribution is -0.139. The lowest BCUT2D eigenvalue weighted by atomic mass is 10.4. The van der Waals surface area contributed by atoms with Crippen LogP contribution in [-0.4, -0.2) is 25.7 Å². The van der Waals surface area contributed by atoms with E-state index in [0.717, 1.165) is 12.2 Å². The summed E-state index contributed by atoms with van der Waals surface area (Å²) in [5.41, 5.74) is 0. The van der Waals surface area contributed by atoms with Gasteiger partial charge in [0.2, 0.25) is 0 Å². The van der Waals surface area contributed by atoms with E-state index in [2.05, 4.69) is 15.4 Å². The molecule has 0 fully saturated rings. The fourth-order valence-electron chi connectivity index (χ4n) is 0.463. The van der Waals surface area contributed by atoms with E-state index >= 15 is 0 Å². The molecule has 0 aromatic rings. The molecular weight excluding hydrogens is 172 g/mol. The molecule has 0 rings (SSSR count). The van der Waals surface area contributed by atoms with Crippen LogP contribution in [0.15, 0.2) is 12.2 Å². The van der Waals surface area contributed by atoms with Crippen molar-refractivity contribution in [3.05, 3.63) is 12.2 Å². The van der Waals surface area contributed by atoms with Gasteiger partial charge in [0.1, 0.15) is 6.61 Å². The van der Waals surface area contributed by atoms with Gasteiger partial charge in [0, 0.05) is 18.6 Å². The molecule has 0 aliphatic heterocycles. The third kappa shape index (κ3) is 6.63. The van der Waals surface area contributed by atoms with E-state index in [9.17, 15) is 9.59 Å². The Morgan fingerprint density at radius 2 is 2.00 bits per heavy atom. The summed E-state index contributed by atoms with van der Waals surface area (Å²) in [6.45, 7) is 0.154. The number of methoxy groups -OCH3 is 1. The van der Waals surface area contributed by atoms with Crippen LogP contribution in [0.4, 0.5) is 0 Å². The Morgan fingerprint density at radius 1 is 1.38 bits per heavy atom. The highest BCUT2D eigenvalue weighted by atomic mass is 16.5. The van der Waals surface area contributed by atoms with Gasteiger partial charge in [-0.2, -0.15) is 0 Å². The van der Waals surface area contributed by atoms with Crippen molar-refractivity contribution in [1.82, 2.24) is 0 Å². The van der Waals surface area contributed by atoms with Gasteiger partial charge in [0.25, 0.3) is 0 Å². The van der Waals surface area contributed by atoms with Crippen LogP contribution in [0.3, 0.4) is 0 Å². The van der Waals surface area contributed by atoms with Crippen LogP contribution < -0.4 is 0 Å². The molecular formula is C9H10O4. The molecule has 4 nitrogen and oxygen atoms in total. The number of esters is 2. The molecule has 0 unspecified atom stereocenters. The largest absolute Gasteiger partial charge is 0.466 e. The minimum absolute atomic E-state index is 0.154. The highest BCUT2D eigenvalue weighted by Crippen LogP contribution is 1.85. The molecule has 0 saturated carbocycles. The zero-order chi connectivity index (χ0) is 10.1. The number of terminal acetylenes is 1. The molecule has 0 bridgehead atoms. The SMILES string of the molecule is C#CCCOC(=O)C=CC(=O)OC. The Bertz CT molecular complexity index is 247. The van der Waals surface area contributed by atoms with E-state index in [1.807, 2.05) is 0 Å². The van der Waals surface area contributed by atoms with Gasteiger partial charge < -0.3 is 9.47 Å². The molecule has 0 heterocycles. The minimum Gasteiger partial charge on any atom is -0.466 e. The van der Waals surface area contributed by atoms with Crippen LogP contribution in [0.2, 0.25) is 0 Å². The molecule has 0 aliphatic rings. The summed E-state index contributed by atoms with van der Waals surface area (Å²) in [6, 6.07) is 0. The Morgan fingerprint density at radius 3 is 2.54 bits per heavy atom. The number of hydrogen-bond donors (Lipinski definition) is 0. The highest BCUT2D eigenvalue weighted by molar-refractivity contribution is 5.91. The highest BCUT2D eigenvalue weighted by Gasteiger charge is 1.97. The molecule has 0 aliphatic carbocycles. The molecule has 0 saturated heterocycles. The summed E-state index contributed by atoms with van der Waals surface area (Å²) in [5.74, 6) is 1.09. The maximum atomic E-state index is 10.8. The predicted octanol–water partition coefficient (Wildman–Crippen LogP) is 0.282. The van der Waals surface area contributed by atoms with E-state index in [1.54, 1.807) is 0 Å². The molecule has 70 valence electrons. The van der Waals surface area contributed by atoms with Crippen molar-refractivity contribution in [2.75, 3.05) is 13.7 Å². The fraction of sp³-hybridized carbons (Fsp3) is 0.333. The molecule has 0 N–H and O–H groups in total. The first-order chi connectivity index (χ1) is 6.20. The third-order valence-electron chi connectivity index (χ3n) is 1.05. The van der Waals surface area contributed by atoms with Crippen LogP contribution in [0, 0.1) is 12.3 Å². The minimum atomic E-state index is -0.611. The van der Waals surface area contributed by atoms with Crippen molar-refractivity contribution < 1.29 is 19.1 Å². The summed E-state index contributed by atoms with van der Waals surface area (Å²) >= 11 is 0. The third-order valence-corrected chi connectivity index (χ3v) is 1.05. The summed E-state index contributed by atoms with van der Waals surface area (Å²) in [4.78, 5) is 21.2. The maximum absolute atomic E-state index is 10.8. The van der Waals surface area contributed by atoms with Gasteiger partial charge in [-0.15, -0.1) is 12.3 Å². The second-order valence-corrected chi connectivity index (χ2v) is 1.98. The Labute approximate surface area is 76.5 Å². The van der Waals surface area contributed by atoms with Crippen LogP contribution in [-0.2, 0) is 19.1 Å². The lowest BCUT2D eigenvalue weighted by Gasteiger charge is -1.96. The van der Waals surface area contributed by atoms with Gasteiger partial charge in [0.05, 0.1) is 7.11 Å². The standard InChI is InChI=1S/C9H10O4/c1-3-4-7-13-9(11)6-5-8(10)12-2/h1,5-6H,4,7H2,2H3. The summed E-state index contributed by atoms with van der Waals surface area (Å²) in [6.07, 6.45) is 7.26. The predicted molar refractivity (Wildman–Crippen MR) is 45.6 cm³/mol. The van der Waals surface area contributed by atoms with Crippen molar-refractivity contribution >= 4 is 11.9 Å². The summed E-state index contributed by atoms with van der Waals surface area (Å²) < 4.78 is 8.86. The molecule has 0 radical (unpaired) electrons. The topological polar surface area (TPSA) is 52.6 Å². The normalized spacial score (nSPS) is 9.23. The van der Waals surface area contributed by atoms with Gasteiger partial charge in [-0.1, -0.05) is 0 Å². The molecule has 4 heteroatoms. The zero-order valence-electron chi connectivity index (χ0n) is 7.28. The molecule has 0 atom stereocenters. The summed E-state index contributed by atoms with van der Waals surface area (Å²) in [7, 11) is 1.22. The van der Waals surface area contributed by atoms with Crippen molar-refractivity contribution in [1.29, 1.82) is 0 Å². The van der Waals surface area contributed by atoms with Gasteiger partial charge >= 0.3 is 11.9 Å². The number of carbonyl (C=O) groups excluding carboxylic acids is 2. The average molecular weight is 182 g/mol. The lowest BCUT2D eigenvalue weighted by Crippen LogP contribution is -2.03. The quantitative estimate of drug-likeness (QED) is 0.271. The van der Waals surface area contributed by atoms with Crippen molar-refractivity contribution in [2.24, 2.45) is 0 Å². The average Bonchev–Trinajstić information content (AvgIpc) is 2.14. The second-order valence-electron chi connectivity index (χ2n) is 1.98. The van der Waals surface area contributed by atoms with Gasteiger partial charge in [-0.25, -0.2) is 9.59 Å². The monoisotopic (exact) mass is 182 g/mol. The van der Waals surface area contributed by atoms with Crippen LogP contribution in [0.5, 0.6) is 0 Å². The van der Waals surface area contributed by atoms with Crippen molar-refractivity contribution in [3.63, 3.8) is 0 Å². The Kier molecular flexibility index (Phi) is 5.98. The molecule has 0 amide bonds. The molecule has 0 aromatic carbocycles. The van der Waals surface area contributed by atoms with Crippen LogP contribution in [0.25, 0.3) is 0 Å². The van der Waals surface area contributed by atoms with Crippen LogP contribution >= 0.6 is 0 Å². The smallest absolute Gasteiger partial charge is 0.331 e. The summed E-state index contributed by atoms with van der Waals surface area (Å²) in [5, 5.41) is 0. The van der Waals surface area contributed by atoms with Gasteiger partial charge in [0.15, 0.2) is 0 Å². The van der Waals surface area contributed by atoms with Gasteiger partial charge in [-0.3, -0.25) is 0 Å². The Hall–Kier alpha value is -1.76. The van der Waals surface area contributed by atoms with E-state index in [4.69, 9.17) is 6.42 Å². The van der Waals surface area contributed by atoms with Crippen molar-refractivity contribution in [3.8, 4) is 12.3 Å². The van der Waals surface area contributed by atoms with Crippen LogP contribution in [0.1, 0.15) is 6.42 Å². The first kappa shape index (κ1) is 11.2. The second kappa shape index (κ2) is 6.92. The molecule has 0 spiro atoms. The molecule has 0 aromatic heterocycles. The Balaban J connectivity index is 3.69. The van der Waals surface area contributed by atoms with E-state index in [-0.39, 0.29) is 6.61 Å². The first-order valence-electron chi connectivity index (χ1n) is 3.57. The molecule has 13 heavy (non-hydrogen) atoms. The maximum Gasteiger partial charge on any atom is 0.331 e. The van der Waals surface area contributed by atoms with Gasteiger partial charge in [-0.05, 0) is 0 Å². The van der Waals surface area contributed by atoms with Crippen molar-refractivity contribution in [2.45, 2.75) is 6.42 Å². The fourth-order valence-corrected chi connectivity index (χ4v) is 0.463. The van der Waals surface area contributed by atoms with E-state index < -0.39 is 11.9 Å². The zero-order valence-corrected chi connectivity index (χ0v) is 7.28. The first-order valence-corrected chi connectivity index (χ1v) is 3.57. The number of carbonyl (C=O) groups is 2. The van der Waals surface area contributed by atoms with E-state index in [1.165, 1.54) is 7.11 Å².